The van der Waals surface area contributed by atoms with Gasteiger partial charge in [-0.15, -0.1) is 0 Å². The van der Waals surface area contributed by atoms with E-state index >= 15 is 0 Å². The largest absolute Gasteiger partial charge is 0.342 e. The summed E-state index contributed by atoms with van der Waals surface area (Å²) in [5, 5.41) is 0.946. The number of hydrogen-bond donors (Lipinski definition) is 0. The summed E-state index contributed by atoms with van der Waals surface area (Å²) >= 11 is 11.7. The summed E-state index contributed by atoms with van der Waals surface area (Å²) in [4.78, 5) is 13.3. The van der Waals surface area contributed by atoms with E-state index in [9.17, 15) is 4.79 Å². The lowest BCUT2D eigenvalue weighted by Gasteiger charge is -2.15. The molecular weight excluding hydrogens is 221 g/mol. The molecule has 0 fully saturated rings. The summed E-state index contributed by atoms with van der Waals surface area (Å²) in [6.07, 6.45) is 0. The van der Waals surface area contributed by atoms with Gasteiger partial charge >= 0.3 is 0 Å². The molecule has 0 heterocycles. The van der Waals surface area contributed by atoms with Crippen LogP contribution >= 0.6 is 23.2 Å². The predicted molar refractivity (Wildman–Crippen MR) is 59.1 cm³/mol. The van der Waals surface area contributed by atoms with Gasteiger partial charge in [-0.25, -0.2) is 0 Å². The molecule has 0 saturated heterocycles. The fraction of sp³-hybridized carbons (Fsp3) is 0.300. The monoisotopic (exact) mass is 231 g/mol. The Bertz CT molecular complexity index is 352. The second-order valence-electron chi connectivity index (χ2n) is 2.94. The van der Waals surface area contributed by atoms with Gasteiger partial charge in [0.15, 0.2) is 0 Å². The van der Waals surface area contributed by atoms with Gasteiger partial charge in [0.25, 0.3) is 5.91 Å². The van der Waals surface area contributed by atoms with Crippen molar-refractivity contribution < 1.29 is 4.79 Å². The maximum absolute atomic E-state index is 11.7. The number of rotatable bonds is 2. The van der Waals surface area contributed by atoms with E-state index in [0.29, 0.717) is 22.2 Å². The lowest BCUT2D eigenvalue weighted by molar-refractivity contribution is 0.0802. The van der Waals surface area contributed by atoms with Crippen LogP contribution in [0, 0.1) is 0 Å². The average molecular weight is 232 g/mol. The van der Waals surface area contributed by atoms with Gasteiger partial charge in [-0.1, -0.05) is 23.2 Å². The molecule has 14 heavy (non-hydrogen) atoms. The molecule has 0 saturated carbocycles. The maximum Gasteiger partial charge on any atom is 0.255 e. The van der Waals surface area contributed by atoms with Crippen molar-refractivity contribution >= 4 is 29.1 Å². The van der Waals surface area contributed by atoms with Crippen LogP contribution in [-0.2, 0) is 0 Å². The Balaban J connectivity index is 3.06. The van der Waals surface area contributed by atoms with Crippen LogP contribution in [0.5, 0.6) is 0 Å². The molecule has 1 aromatic rings. The van der Waals surface area contributed by atoms with Gasteiger partial charge in [0.1, 0.15) is 0 Å². The summed E-state index contributed by atoms with van der Waals surface area (Å²) in [6.45, 7) is 2.54. The van der Waals surface area contributed by atoms with Crippen LogP contribution in [0.25, 0.3) is 0 Å². The van der Waals surface area contributed by atoms with E-state index in [-0.39, 0.29) is 5.91 Å². The molecule has 2 nitrogen and oxygen atoms in total. The summed E-state index contributed by atoms with van der Waals surface area (Å²) in [5.41, 5.74) is 0.448. The number of hydrogen-bond acceptors (Lipinski definition) is 1. The zero-order chi connectivity index (χ0) is 10.7. The number of carbonyl (C=O) groups excluding carboxylic acids is 1. The van der Waals surface area contributed by atoms with E-state index < -0.39 is 0 Å². The van der Waals surface area contributed by atoms with E-state index in [2.05, 4.69) is 0 Å². The predicted octanol–water partition coefficient (Wildman–Crippen LogP) is 3.09. The zero-order valence-electron chi connectivity index (χ0n) is 8.05. The van der Waals surface area contributed by atoms with Gasteiger partial charge in [-0.3, -0.25) is 4.79 Å². The highest BCUT2D eigenvalue weighted by molar-refractivity contribution is 6.35. The molecule has 0 bridgehead atoms. The summed E-state index contributed by atoms with van der Waals surface area (Å²) < 4.78 is 0. The maximum atomic E-state index is 11.7. The molecule has 0 N–H and O–H groups in total. The van der Waals surface area contributed by atoms with Crippen molar-refractivity contribution in [1.29, 1.82) is 0 Å². The number of halogens is 2. The first kappa shape index (κ1) is 11.3. The molecule has 0 unspecified atom stereocenters. The fourth-order valence-corrected chi connectivity index (χ4v) is 1.38. The van der Waals surface area contributed by atoms with Gasteiger partial charge in [0, 0.05) is 18.6 Å². The van der Waals surface area contributed by atoms with Crippen LogP contribution < -0.4 is 0 Å². The number of amides is 1. The lowest BCUT2D eigenvalue weighted by atomic mass is 10.2. The summed E-state index contributed by atoms with van der Waals surface area (Å²) in [6, 6.07) is 4.87. The molecule has 76 valence electrons. The highest BCUT2D eigenvalue weighted by atomic mass is 35.5. The van der Waals surface area contributed by atoms with E-state index in [0.717, 1.165) is 0 Å². The molecular formula is C10H11Cl2NO. The Hall–Kier alpha value is -0.730. The van der Waals surface area contributed by atoms with Crippen LogP contribution in [0.3, 0.4) is 0 Å². The molecule has 1 amide bonds. The Morgan fingerprint density at radius 2 is 2.07 bits per heavy atom. The Morgan fingerprint density at radius 3 is 2.64 bits per heavy atom. The van der Waals surface area contributed by atoms with Crippen molar-refractivity contribution in [2.45, 2.75) is 6.92 Å². The smallest absolute Gasteiger partial charge is 0.255 e. The quantitative estimate of drug-likeness (QED) is 0.767. The van der Waals surface area contributed by atoms with Crippen molar-refractivity contribution in [1.82, 2.24) is 4.90 Å². The molecule has 0 spiro atoms. The molecule has 0 aliphatic carbocycles. The van der Waals surface area contributed by atoms with Crippen molar-refractivity contribution in [3.05, 3.63) is 33.8 Å². The van der Waals surface area contributed by atoms with Gasteiger partial charge in [-0.2, -0.15) is 0 Å². The second-order valence-corrected chi connectivity index (χ2v) is 3.79. The van der Waals surface area contributed by atoms with Crippen LogP contribution in [-0.4, -0.2) is 24.4 Å². The molecule has 0 aliphatic heterocycles. The molecule has 1 rings (SSSR count). The Labute approximate surface area is 93.4 Å². The molecule has 4 heteroatoms. The van der Waals surface area contributed by atoms with Crippen molar-refractivity contribution in [2.75, 3.05) is 13.6 Å². The fourth-order valence-electron chi connectivity index (χ4n) is 1.01. The second kappa shape index (κ2) is 4.67. The molecule has 1 aromatic carbocycles. The van der Waals surface area contributed by atoms with Gasteiger partial charge in [-0.05, 0) is 25.1 Å². The zero-order valence-corrected chi connectivity index (χ0v) is 9.56. The van der Waals surface area contributed by atoms with Crippen LogP contribution in [0.2, 0.25) is 10.0 Å². The average Bonchev–Trinajstić information content (AvgIpc) is 2.19. The number of carbonyl (C=O) groups is 1. The highest BCUT2D eigenvalue weighted by Gasteiger charge is 2.13. The first-order valence-corrected chi connectivity index (χ1v) is 5.02. The van der Waals surface area contributed by atoms with E-state index in [1.165, 1.54) is 0 Å². The van der Waals surface area contributed by atoms with Crippen molar-refractivity contribution in [3.8, 4) is 0 Å². The third-order valence-electron chi connectivity index (χ3n) is 1.98. The first-order chi connectivity index (χ1) is 6.56. The topological polar surface area (TPSA) is 20.3 Å². The highest BCUT2D eigenvalue weighted by Crippen LogP contribution is 2.21. The summed E-state index contributed by atoms with van der Waals surface area (Å²) in [7, 11) is 1.72. The number of nitrogens with zero attached hydrogens (tertiary/aromatic N) is 1. The van der Waals surface area contributed by atoms with Crippen molar-refractivity contribution in [2.24, 2.45) is 0 Å². The first-order valence-electron chi connectivity index (χ1n) is 4.26. The number of benzene rings is 1. The minimum Gasteiger partial charge on any atom is -0.342 e. The normalized spacial score (nSPS) is 10.0. The Kier molecular flexibility index (Phi) is 3.78. The Morgan fingerprint density at radius 1 is 1.43 bits per heavy atom. The minimum atomic E-state index is -0.111. The van der Waals surface area contributed by atoms with Gasteiger partial charge in [0.05, 0.1) is 10.6 Å². The molecule has 0 aromatic heterocycles. The van der Waals surface area contributed by atoms with Gasteiger partial charge in [0.2, 0.25) is 0 Å². The van der Waals surface area contributed by atoms with E-state index in [1.807, 2.05) is 6.92 Å². The van der Waals surface area contributed by atoms with E-state index in [1.54, 1.807) is 30.1 Å². The summed E-state index contributed by atoms with van der Waals surface area (Å²) in [5.74, 6) is -0.111. The van der Waals surface area contributed by atoms with Crippen LogP contribution in [0.4, 0.5) is 0 Å². The van der Waals surface area contributed by atoms with Crippen LogP contribution in [0.15, 0.2) is 18.2 Å². The van der Waals surface area contributed by atoms with Gasteiger partial charge < -0.3 is 4.90 Å². The SMILES string of the molecule is CCN(C)C(=O)c1cc(Cl)ccc1Cl. The third kappa shape index (κ3) is 2.40. The lowest BCUT2D eigenvalue weighted by Crippen LogP contribution is -2.26. The standard InChI is InChI=1S/C10H11Cl2NO/c1-3-13(2)10(14)8-6-7(11)4-5-9(8)12/h4-6H,3H2,1-2H3. The molecule has 0 aliphatic rings. The minimum absolute atomic E-state index is 0.111. The molecule has 0 radical (unpaired) electrons. The van der Waals surface area contributed by atoms with Crippen molar-refractivity contribution in [3.63, 3.8) is 0 Å². The van der Waals surface area contributed by atoms with Crippen LogP contribution in [0.1, 0.15) is 17.3 Å². The third-order valence-corrected chi connectivity index (χ3v) is 2.54. The molecule has 0 atom stereocenters. The van der Waals surface area contributed by atoms with E-state index in [4.69, 9.17) is 23.2 Å².